The number of benzene rings is 1. The van der Waals surface area contributed by atoms with Crippen LogP contribution in [-0.2, 0) is 4.74 Å². The third kappa shape index (κ3) is 2.03. The minimum absolute atomic E-state index is 0.139. The fourth-order valence-corrected chi connectivity index (χ4v) is 3.39. The molecule has 1 aromatic rings. The Bertz CT molecular complexity index is 509. The number of hydrogen-bond donors (Lipinski definition) is 0. The van der Waals surface area contributed by atoms with Gasteiger partial charge in [-0.3, -0.25) is 0 Å². The van der Waals surface area contributed by atoms with E-state index in [1.807, 2.05) is 11.0 Å². The summed E-state index contributed by atoms with van der Waals surface area (Å²) in [6.45, 7) is 2.97. The molecule has 100 valence electrons. The Morgan fingerprint density at radius 1 is 1.32 bits per heavy atom. The van der Waals surface area contributed by atoms with Crippen LogP contribution in [0.15, 0.2) is 42.0 Å². The second-order valence-electron chi connectivity index (χ2n) is 5.47. The van der Waals surface area contributed by atoms with E-state index in [1.54, 1.807) is 0 Å². The highest BCUT2D eigenvalue weighted by molar-refractivity contribution is 5.69. The molecule has 0 radical (unpaired) electrons. The number of rotatable bonds is 1. The van der Waals surface area contributed by atoms with Gasteiger partial charge in [-0.05, 0) is 24.8 Å². The first-order valence-corrected chi connectivity index (χ1v) is 6.78. The monoisotopic (exact) mass is 257 g/mol. The van der Waals surface area contributed by atoms with Gasteiger partial charge < -0.3 is 9.64 Å². The van der Waals surface area contributed by atoms with Crippen LogP contribution in [0.25, 0.3) is 0 Å². The first kappa shape index (κ1) is 12.3. The lowest BCUT2D eigenvalue weighted by molar-refractivity contribution is 0.0742. The Kier molecular flexibility index (Phi) is 3.05. The first-order chi connectivity index (χ1) is 9.20. The van der Waals surface area contributed by atoms with Gasteiger partial charge in [0, 0.05) is 12.5 Å². The summed E-state index contributed by atoms with van der Waals surface area (Å²) in [7, 11) is 1.46. The van der Waals surface area contributed by atoms with Crippen LogP contribution in [0.2, 0.25) is 0 Å². The molecule has 19 heavy (non-hydrogen) atoms. The van der Waals surface area contributed by atoms with Gasteiger partial charge in [-0.25, -0.2) is 4.79 Å². The van der Waals surface area contributed by atoms with Gasteiger partial charge in [0.1, 0.15) is 0 Å². The van der Waals surface area contributed by atoms with Crippen molar-refractivity contribution in [3.05, 3.63) is 47.5 Å². The molecular formula is C16H19NO2. The summed E-state index contributed by atoms with van der Waals surface area (Å²) < 4.78 is 4.92. The molecule has 4 rings (SSSR count). The Hall–Kier alpha value is -1.77. The number of carbonyl (C=O) groups excluding carboxylic acids is 1. The number of piperidine rings is 1. The minimum atomic E-state index is -0.209. The molecular weight excluding hydrogens is 238 g/mol. The van der Waals surface area contributed by atoms with Crippen LogP contribution < -0.4 is 0 Å². The zero-order valence-electron chi connectivity index (χ0n) is 11.4. The van der Waals surface area contributed by atoms with E-state index in [0.717, 1.165) is 13.0 Å². The second kappa shape index (κ2) is 4.72. The smallest absolute Gasteiger partial charge is 0.410 e. The molecule has 1 aromatic carbocycles. The highest BCUT2D eigenvalue weighted by Crippen LogP contribution is 2.43. The van der Waals surface area contributed by atoms with Gasteiger partial charge in [0.05, 0.1) is 13.2 Å². The number of ether oxygens (including phenoxy) is 1. The second-order valence-corrected chi connectivity index (χ2v) is 5.47. The predicted molar refractivity (Wildman–Crippen MR) is 73.9 cm³/mol. The van der Waals surface area contributed by atoms with Crippen LogP contribution in [0.4, 0.5) is 4.79 Å². The van der Waals surface area contributed by atoms with Crippen molar-refractivity contribution in [3.8, 4) is 0 Å². The van der Waals surface area contributed by atoms with Gasteiger partial charge in [-0.2, -0.15) is 0 Å². The number of fused-ring (bicyclic) bond motifs is 2. The molecule has 3 aliphatic rings. The lowest BCUT2D eigenvalue weighted by Gasteiger charge is -2.47. The predicted octanol–water partition coefficient (Wildman–Crippen LogP) is 3.19. The van der Waals surface area contributed by atoms with Crippen LogP contribution in [0.1, 0.15) is 24.8 Å². The summed E-state index contributed by atoms with van der Waals surface area (Å²) in [5, 5.41) is 0. The lowest BCUT2D eigenvalue weighted by Crippen LogP contribution is -2.53. The van der Waals surface area contributed by atoms with Crippen molar-refractivity contribution in [3.63, 3.8) is 0 Å². The van der Waals surface area contributed by atoms with E-state index < -0.39 is 0 Å². The van der Waals surface area contributed by atoms with E-state index in [4.69, 9.17) is 4.74 Å². The lowest BCUT2D eigenvalue weighted by atomic mass is 9.71. The number of methoxy groups -OCH3 is 1. The van der Waals surface area contributed by atoms with Crippen molar-refractivity contribution in [2.45, 2.75) is 25.3 Å². The van der Waals surface area contributed by atoms with Crippen molar-refractivity contribution in [2.24, 2.45) is 5.92 Å². The van der Waals surface area contributed by atoms with Crippen LogP contribution >= 0.6 is 0 Å². The molecule has 1 saturated heterocycles. The normalized spacial score (nSPS) is 29.1. The maximum Gasteiger partial charge on any atom is 0.410 e. The van der Waals surface area contributed by atoms with E-state index >= 15 is 0 Å². The minimum Gasteiger partial charge on any atom is -0.453 e. The van der Waals surface area contributed by atoms with Crippen LogP contribution in [-0.4, -0.2) is 30.7 Å². The van der Waals surface area contributed by atoms with Gasteiger partial charge in [0.2, 0.25) is 0 Å². The van der Waals surface area contributed by atoms with Crippen LogP contribution in [0.5, 0.6) is 0 Å². The van der Waals surface area contributed by atoms with Crippen LogP contribution in [0, 0.1) is 5.92 Å². The molecule has 0 saturated carbocycles. The topological polar surface area (TPSA) is 29.5 Å². The number of hydrogen-bond acceptors (Lipinski definition) is 2. The standard InChI is InChI=1S/C16H19NO2/c1-11-8-15-14(12-6-4-3-5-7-12)9-13(11)10-17(15)16(18)19-2/h3-8,13-15H,9-10H2,1-2H3/t13-,14-,15+/m1/s1. The summed E-state index contributed by atoms with van der Waals surface area (Å²) in [6, 6.07) is 10.6. The summed E-state index contributed by atoms with van der Waals surface area (Å²) in [4.78, 5) is 13.8. The van der Waals surface area contributed by atoms with E-state index in [1.165, 1.54) is 18.2 Å². The summed E-state index contributed by atoms with van der Waals surface area (Å²) >= 11 is 0. The van der Waals surface area contributed by atoms with Gasteiger partial charge in [-0.15, -0.1) is 0 Å². The molecule has 2 bridgehead atoms. The maximum atomic E-state index is 11.9. The zero-order chi connectivity index (χ0) is 13.4. The van der Waals surface area contributed by atoms with E-state index in [2.05, 4.69) is 37.3 Å². The third-order valence-corrected chi connectivity index (χ3v) is 4.44. The Balaban J connectivity index is 1.94. The fourth-order valence-electron chi connectivity index (χ4n) is 3.39. The Morgan fingerprint density at radius 3 is 2.68 bits per heavy atom. The van der Waals surface area contributed by atoms with Gasteiger partial charge >= 0.3 is 6.09 Å². The highest BCUT2D eigenvalue weighted by atomic mass is 16.5. The summed E-state index contributed by atoms with van der Waals surface area (Å²) in [6.07, 6.45) is 3.16. The number of amides is 1. The molecule has 1 aliphatic carbocycles. The van der Waals surface area contributed by atoms with Gasteiger partial charge in [-0.1, -0.05) is 42.0 Å². The average Bonchev–Trinajstić information content (AvgIpc) is 2.47. The fraction of sp³-hybridized carbons (Fsp3) is 0.438. The molecule has 0 N–H and O–H groups in total. The number of carbonyl (C=O) groups is 1. The molecule has 0 spiro atoms. The molecule has 3 nitrogen and oxygen atoms in total. The summed E-state index contributed by atoms with van der Waals surface area (Å²) in [5.41, 5.74) is 2.73. The van der Waals surface area contributed by atoms with Gasteiger partial charge in [0.25, 0.3) is 0 Å². The van der Waals surface area contributed by atoms with Crippen LogP contribution in [0.3, 0.4) is 0 Å². The summed E-state index contributed by atoms with van der Waals surface area (Å²) in [5.74, 6) is 0.858. The number of nitrogens with zero attached hydrogens (tertiary/aromatic N) is 1. The average molecular weight is 257 g/mol. The first-order valence-electron chi connectivity index (χ1n) is 6.78. The molecule has 2 aliphatic heterocycles. The molecule has 0 unspecified atom stereocenters. The zero-order valence-corrected chi connectivity index (χ0v) is 11.4. The molecule has 1 amide bonds. The maximum absolute atomic E-state index is 11.9. The molecule has 3 atom stereocenters. The largest absolute Gasteiger partial charge is 0.453 e. The van der Waals surface area contributed by atoms with Crippen molar-refractivity contribution in [1.82, 2.24) is 4.90 Å². The van der Waals surface area contributed by atoms with Crippen molar-refractivity contribution >= 4 is 6.09 Å². The van der Waals surface area contributed by atoms with Gasteiger partial charge in [0.15, 0.2) is 0 Å². The third-order valence-electron chi connectivity index (χ3n) is 4.44. The molecule has 3 heteroatoms. The highest BCUT2D eigenvalue weighted by Gasteiger charge is 2.42. The van der Waals surface area contributed by atoms with E-state index in [9.17, 15) is 4.79 Å². The van der Waals surface area contributed by atoms with E-state index in [0.29, 0.717) is 11.8 Å². The van der Waals surface area contributed by atoms with Crippen molar-refractivity contribution in [2.75, 3.05) is 13.7 Å². The Labute approximate surface area is 113 Å². The Morgan fingerprint density at radius 2 is 2.05 bits per heavy atom. The molecule has 1 fully saturated rings. The van der Waals surface area contributed by atoms with Crippen molar-refractivity contribution in [1.29, 1.82) is 0 Å². The quantitative estimate of drug-likeness (QED) is 0.723. The molecule has 2 heterocycles. The SMILES string of the molecule is COC(=O)N1C[C@H]2C[C@H](c3ccccc3)[C@@H]1C=C2C. The molecule has 0 aromatic heterocycles. The van der Waals surface area contributed by atoms with E-state index in [-0.39, 0.29) is 12.1 Å². The van der Waals surface area contributed by atoms with Crippen molar-refractivity contribution < 1.29 is 9.53 Å².